The van der Waals surface area contributed by atoms with Crippen molar-refractivity contribution in [3.8, 4) is 5.75 Å². The van der Waals surface area contributed by atoms with Crippen LogP contribution in [0.25, 0.3) is 0 Å². The maximum absolute atomic E-state index is 5.92. The molecule has 0 fully saturated rings. The van der Waals surface area contributed by atoms with Crippen molar-refractivity contribution in [1.29, 1.82) is 0 Å². The van der Waals surface area contributed by atoms with Crippen LogP contribution in [-0.2, 0) is 13.2 Å². The highest BCUT2D eigenvalue weighted by Crippen LogP contribution is 2.24. The fraction of sp³-hybridized carbons (Fsp3) is 0.176. The van der Waals surface area contributed by atoms with E-state index in [2.05, 4.69) is 33.9 Å². The van der Waals surface area contributed by atoms with Gasteiger partial charge in [0.1, 0.15) is 12.4 Å². The van der Waals surface area contributed by atoms with E-state index in [4.69, 9.17) is 16.3 Å². The summed E-state index contributed by atoms with van der Waals surface area (Å²) in [5.41, 5.74) is 2.20. The standard InChI is InChI=1S/C17H17BrClNO/c1-2-9-20-11-14-10-15(18)5-8-17(14)21-12-13-3-6-16(19)7-4-13/h2-8,10,20H,1,9,11-12H2. The Kier molecular flexibility index (Phi) is 6.30. The Hall–Kier alpha value is -1.29. The third-order valence-corrected chi connectivity index (χ3v) is 3.68. The van der Waals surface area contributed by atoms with Crippen LogP contribution in [0.4, 0.5) is 0 Å². The van der Waals surface area contributed by atoms with Crippen LogP contribution in [0.3, 0.4) is 0 Å². The lowest BCUT2D eigenvalue weighted by atomic mass is 10.2. The van der Waals surface area contributed by atoms with Crippen molar-refractivity contribution < 1.29 is 4.74 Å². The maximum atomic E-state index is 5.92. The monoisotopic (exact) mass is 365 g/mol. The second kappa shape index (κ2) is 8.23. The second-order valence-electron chi connectivity index (χ2n) is 4.59. The molecule has 0 unspecified atom stereocenters. The van der Waals surface area contributed by atoms with Crippen molar-refractivity contribution in [2.24, 2.45) is 0 Å². The molecule has 2 aromatic carbocycles. The molecule has 0 heterocycles. The number of halogens is 2. The topological polar surface area (TPSA) is 21.3 Å². The molecule has 110 valence electrons. The van der Waals surface area contributed by atoms with Gasteiger partial charge in [0.05, 0.1) is 0 Å². The van der Waals surface area contributed by atoms with E-state index in [0.29, 0.717) is 6.61 Å². The van der Waals surface area contributed by atoms with Crippen molar-refractivity contribution in [2.45, 2.75) is 13.2 Å². The lowest BCUT2D eigenvalue weighted by Gasteiger charge is -2.12. The molecule has 0 spiro atoms. The van der Waals surface area contributed by atoms with E-state index in [1.54, 1.807) is 0 Å². The minimum Gasteiger partial charge on any atom is -0.489 e. The molecule has 0 atom stereocenters. The summed E-state index contributed by atoms with van der Waals surface area (Å²) in [5.74, 6) is 0.879. The summed E-state index contributed by atoms with van der Waals surface area (Å²) < 4.78 is 6.96. The number of hydrogen-bond donors (Lipinski definition) is 1. The molecule has 0 aliphatic rings. The average molecular weight is 367 g/mol. The Morgan fingerprint density at radius 2 is 1.95 bits per heavy atom. The molecule has 21 heavy (non-hydrogen) atoms. The Balaban J connectivity index is 2.04. The van der Waals surface area contributed by atoms with Crippen molar-refractivity contribution in [2.75, 3.05) is 6.54 Å². The number of hydrogen-bond acceptors (Lipinski definition) is 2. The van der Waals surface area contributed by atoms with E-state index in [1.807, 2.05) is 42.5 Å². The zero-order valence-electron chi connectivity index (χ0n) is 11.6. The molecular formula is C17H17BrClNO. The van der Waals surface area contributed by atoms with Crippen LogP contribution in [0.15, 0.2) is 59.6 Å². The normalized spacial score (nSPS) is 10.4. The van der Waals surface area contributed by atoms with E-state index < -0.39 is 0 Å². The van der Waals surface area contributed by atoms with Crippen LogP contribution in [0.5, 0.6) is 5.75 Å². The highest BCUT2D eigenvalue weighted by Gasteiger charge is 2.05. The summed E-state index contributed by atoms with van der Waals surface area (Å²) in [5, 5.41) is 4.02. The molecule has 4 heteroatoms. The molecule has 2 rings (SSSR count). The van der Waals surface area contributed by atoms with Crippen molar-refractivity contribution in [3.63, 3.8) is 0 Å². The smallest absolute Gasteiger partial charge is 0.124 e. The number of rotatable bonds is 7. The molecule has 1 N–H and O–H groups in total. The van der Waals surface area contributed by atoms with Crippen molar-refractivity contribution in [3.05, 3.63) is 75.7 Å². The van der Waals surface area contributed by atoms with Crippen LogP contribution >= 0.6 is 27.5 Å². The Morgan fingerprint density at radius 3 is 2.67 bits per heavy atom. The van der Waals surface area contributed by atoms with Crippen LogP contribution in [0.2, 0.25) is 5.02 Å². The third kappa shape index (κ3) is 5.20. The summed E-state index contributed by atoms with van der Waals surface area (Å²) in [6.45, 7) is 5.73. The van der Waals surface area contributed by atoms with Gasteiger partial charge in [-0.25, -0.2) is 0 Å². The minimum absolute atomic E-state index is 0.521. The van der Waals surface area contributed by atoms with Gasteiger partial charge >= 0.3 is 0 Å². The predicted octanol–water partition coefficient (Wildman–Crippen LogP) is 4.96. The molecule has 0 saturated carbocycles. The molecule has 2 aromatic rings. The number of benzene rings is 2. The quantitative estimate of drug-likeness (QED) is 0.552. The highest BCUT2D eigenvalue weighted by atomic mass is 79.9. The summed E-state index contributed by atoms with van der Waals surface area (Å²) in [6.07, 6.45) is 1.84. The van der Waals surface area contributed by atoms with Gasteiger partial charge in [0.15, 0.2) is 0 Å². The van der Waals surface area contributed by atoms with Gasteiger partial charge in [0, 0.05) is 28.1 Å². The third-order valence-electron chi connectivity index (χ3n) is 2.93. The van der Waals surface area contributed by atoms with Gasteiger partial charge < -0.3 is 10.1 Å². The van der Waals surface area contributed by atoms with E-state index in [0.717, 1.165) is 39.5 Å². The Bertz CT molecular complexity index is 598. The van der Waals surface area contributed by atoms with E-state index >= 15 is 0 Å². The second-order valence-corrected chi connectivity index (χ2v) is 5.94. The molecule has 0 radical (unpaired) electrons. The summed E-state index contributed by atoms with van der Waals surface area (Å²) in [6, 6.07) is 13.7. The van der Waals surface area contributed by atoms with Gasteiger partial charge in [-0.05, 0) is 35.9 Å². The zero-order chi connectivity index (χ0) is 15.1. The highest BCUT2D eigenvalue weighted by molar-refractivity contribution is 9.10. The fourth-order valence-electron chi connectivity index (χ4n) is 1.88. The Morgan fingerprint density at radius 1 is 1.19 bits per heavy atom. The van der Waals surface area contributed by atoms with Crippen LogP contribution in [-0.4, -0.2) is 6.54 Å². The van der Waals surface area contributed by atoms with Crippen molar-refractivity contribution in [1.82, 2.24) is 5.32 Å². The number of nitrogens with one attached hydrogen (secondary N) is 1. The lowest BCUT2D eigenvalue weighted by Crippen LogP contribution is -2.13. The van der Waals surface area contributed by atoms with E-state index in [-0.39, 0.29) is 0 Å². The molecular weight excluding hydrogens is 350 g/mol. The summed E-state index contributed by atoms with van der Waals surface area (Å²) in [4.78, 5) is 0. The number of ether oxygens (including phenoxy) is 1. The molecule has 0 bridgehead atoms. The molecule has 0 saturated heterocycles. The van der Waals surface area contributed by atoms with Gasteiger partial charge in [-0.3, -0.25) is 0 Å². The van der Waals surface area contributed by atoms with E-state index in [9.17, 15) is 0 Å². The Labute approximate surface area is 138 Å². The molecule has 2 nitrogen and oxygen atoms in total. The van der Waals surface area contributed by atoms with Gasteiger partial charge in [-0.1, -0.05) is 45.7 Å². The fourth-order valence-corrected chi connectivity index (χ4v) is 2.41. The first-order valence-corrected chi connectivity index (χ1v) is 7.83. The first-order chi connectivity index (χ1) is 10.2. The molecule has 0 aromatic heterocycles. The van der Waals surface area contributed by atoms with Crippen LogP contribution in [0.1, 0.15) is 11.1 Å². The summed E-state index contributed by atoms with van der Waals surface area (Å²) >= 11 is 9.37. The largest absolute Gasteiger partial charge is 0.489 e. The SMILES string of the molecule is C=CCNCc1cc(Br)ccc1OCc1ccc(Cl)cc1. The van der Waals surface area contributed by atoms with Crippen LogP contribution < -0.4 is 10.1 Å². The van der Waals surface area contributed by atoms with E-state index in [1.165, 1.54) is 0 Å². The molecule has 0 aliphatic heterocycles. The van der Waals surface area contributed by atoms with Gasteiger partial charge in [-0.2, -0.15) is 0 Å². The average Bonchev–Trinajstić information content (AvgIpc) is 2.48. The van der Waals surface area contributed by atoms with Gasteiger partial charge in [0.25, 0.3) is 0 Å². The minimum atomic E-state index is 0.521. The van der Waals surface area contributed by atoms with Gasteiger partial charge in [-0.15, -0.1) is 6.58 Å². The van der Waals surface area contributed by atoms with Crippen molar-refractivity contribution >= 4 is 27.5 Å². The predicted molar refractivity (Wildman–Crippen MR) is 91.8 cm³/mol. The van der Waals surface area contributed by atoms with Gasteiger partial charge in [0.2, 0.25) is 0 Å². The molecule has 0 amide bonds. The van der Waals surface area contributed by atoms with Crippen LogP contribution in [0, 0.1) is 0 Å². The first-order valence-electron chi connectivity index (χ1n) is 6.66. The first kappa shape index (κ1) is 16.1. The maximum Gasteiger partial charge on any atom is 0.124 e. The lowest BCUT2D eigenvalue weighted by molar-refractivity contribution is 0.302. The summed E-state index contributed by atoms with van der Waals surface area (Å²) in [7, 11) is 0. The zero-order valence-corrected chi connectivity index (χ0v) is 14.0. The molecule has 0 aliphatic carbocycles.